The summed E-state index contributed by atoms with van der Waals surface area (Å²) in [5.41, 5.74) is 0.226. The van der Waals surface area contributed by atoms with E-state index in [0.717, 1.165) is 3.57 Å². The molecule has 0 fully saturated rings. The van der Waals surface area contributed by atoms with Crippen LogP contribution in [0.4, 0.5) is 5.69 Å². The normalized spacial score (nSPS) is 10.4. The number of para-hydroxylation sites is 1. The molecule has 82 valence electrons. The fraction of sp³-hybridized carbons (Fsp3) is 0. The van der Waals surface area contributed by atoms with E-state index in [2.05, 4.69) is 27.7 Å². The lowest BCUT2D eigenvalue weighted by atomic mass is 10.2. The van der Waals surface area contributed by atoms with Gasteiger partial charge in [0.05, 0.1) is 19.7 Å². The number of hydrogen-bond donors (Lipinski definition) is 0. The average Bonchev–Trinajstić information content (AvgIpc) is 2.64. The summed E-state index contributed by atoms with van der Waals surface area (Å²) in [5.74, 6) is 0. The summed E-state index contributed by atoms with van der Waals surface area (Å²) in [6, 6.07) is 4.53. The molecule has 0 unspecified atom stereocenters. The predicted molar refractivity (Wildman–Crippen MR) is 67.9 cm³/mol. The molecule has 0 saturated carbocycles. The zero-order valence-corrected chi connectivity index (χ0v) is 10.7. The summed E-state index contributed by atoms with van der Waals surface area (Å²) >= 11 is 8.02. The van der Waals surface area contributed by atoms with Gasteiger partial charge in [0.2, 0.25) is 0 Å². The van der Waals surface area contributed by atoms with Gasteiger partial charge in [0.25, 0.3) is 5.69 Å². The molecule has 16 heavy (non-hydrogen) atoms. The van der Waals surface area contributed by atoms with E-state index < -0.39 is 4.92 Å². The first-order valence-corrected chi connectivity index (χ1v) is 5.68. The second-order valence-electron chi connectivity index (χ2n) is 2.97. The Kier molecular flexibility index (Phi) is 3.10. The van der Waals surface area contributed by atoms with Crippen LogP contribution in [0.1, 0.15) is 0 Å². The first kappa shape index (κ1) is 11.3. The number of aromatic nitrogens is 2. The first-order chi connectivity index (χ1) is 7.59. The molecule has 0 N–H and O–H groups in total. The standard InChI is InChI=1S/C9H5ClIN3O2/c10-7-2-1-3-8(14(15)16)9(7)13-5-6(11)4-12-13/h1-5H. The van der Waals surface area contributed by atoms with Crippen LogP contribution in [0.15, 0.2) is 30.6 Å². The molecule has 0 amide bonds. The van der Waals surface area contributed by atoms with Crippen LogP contribution < -0.4 is 0 Å². The smallest absolute Gasteiger partial charge is 0.258 e. The highest BCUT2D eigenvalue weighted by atomic mass is 127. The maximum Gasteiger partial charge on any atom is 0.296 e. The van der Waals surface area contributed by atoms with Gasteiger partial charge in [0.1, 0.15) is 0 Å². The highest BCUT2D eigenvalue weighted by Crippen LogP contribution is 2.29. The molecule has 7 heteroatoms. The van der Waals surface area contributed by atoms with Crippen molar-refractivity contribution in [1.82, 2.24) is 9.78 Å². The molecule has 0 aliphatic heterocycles. The minimum Gasteiger partial charge on any atom is -0.258 e. The van der Waals surface area contributed by atoms with Gasteiger partial charge in [-0.2, -0.15) is 5.10 Å². The van der Waals surface area contributed by atoms with Gasteiger partial charge in [-0.3, -0.25) is 10.1 Å². The minimum atomic E-state index is -0.476. The molecule has 2 aromatic rings. The van der Waals surface area contributed by atoms with Crippen LogP contribution >= 0.6 is 34.2 Å². The summed E-state index contributed by atoms with van der Waals surface area (Å²) in [7, 11) is 0. The number of nitrogens with zero attached hydrogens (tertiary/aromatic N) is 3. The number of halogens is 2. The number of hydrogen-bond acceptors (Lipinski definition) is 3. The number of nitro groups is 1. The van der Waals surface area contributed by atoms with E-state index in [-0.39, 0.29) is 11.4 Å². The number of rotatable bonds is 2. The average molecular weight is 350 g/mol. The molecule has 0 spiro atoms. The molecule has 0 radical (unpaired) electrons. The van der Waals surface area contributed by atoms with Crippen molar-refractivity contribution < 1.29 is 4.92 Å². The van der Waals surface area contributed by atoms with Crippen LogP contribution in [0.3, 0.4) is 0 Å². The van der Waals surface area contributed by atoms with Gasteiger partial charge in [0, 0.05) is 12.3 Å². The SMILES string of the molecule is O=[N+]([O-])c1cccc(Cl)c1-n1cc(I)cn1. The topological polar surface area (TPSA) is 61.0 Å². The van der Waals surface area contributed by atoms with E-state index in [0.29, 0.717) is 5.02 Å². The van der Waals surface area contributed by atoms with E-state index in [1.165, 1.54) is 10.7 Å². The third kappa shape index (κ3) is 2.03. The molecule has 2 rings (SSSR count). The van der Waals surface area contributed by atoms with E-state index >= 15 is 0 Å². The maximum atomic E-state index is 10.9. The van der Waals surface area contributed by atoms with Crippen LogP contribution in [-0.2, 0) is 0 Å². The molecule has 0 aliphatic rings. The molecule has 1 aromatic carbocycles. The van der Waals surface area contributed by atoms with Crippen LogP contribution in [0.5, 0.6) is 0 Å². The monoisotopic (exact) mass is 349 g/mol. The molecule has 1 heterocycles. The van der Waals surface area contributed by atoms with E-state index in [1.54, 1.807) is 24.5 Å². The van der Waals surface area contributed by atoms with Crippen molar-refractivity contribution in [3.8, 4) is 5.69 Å². The Balaban J connectivity index is 2.67. The Labute approximate surface area is 109 Å². The first-order valence-electron chi connectivity index (χ1n) is 4.23. The van der Waals surface area contributed by atoms with Crippen LogP contribution in [0, 0.1) is 13.7 Å². The minimum absolute atomic E-state index is 0.0630. The largest absolute Gasteiger partial charge is 0.296 e. The lowest BCUT2D eigenvalue weighted by Gasteiger charge is -2.04. The van der Waals surface area contributed by atoms with Crippen molar-refractivity contribution in [3.05, 3.63) is 49.3 Å². The van der Waals surface area contributed by atoms with Crippen LogP contribution in [-0.4, -0.2) is 14.7 Å². The molecular formula is C9H5ClIN3O2. The second kappa shape index (κ2) is 4.38. The third-order valence-corrected chi connectivity index (χ3v) is 2.80. The fourth-order valence-corrected chi connectivity index (χ4v) is 1.95. The second-order valence-corrected chi connectivity index (χ2v) is 4.62. The van der Waals surface area contributed by atoms with Gasteiger partial charge in [-0.25, -0.2) is 4.68 Å². The maximum absolute atomic E-state index is 10.9. The van der Waals surface area contributed by atoms with Crippen molar-refractivity contribution >= 4 is 39.9 Å². The fourth-order valence-electron chi connectivity index (χ4n) is 1.30. The highest BCUT2D eigenvalue weighted by molar-refractivity contribution is 14.1. The lowest BCUT2D eigenvalue weighted by molar-refractivity contribution is -0.384. The zero-order chi connectivity index (χ0) is 11.7. The number of benzene rings is 1. The molecular weight excluding hydrogens is 344 g/mol. The molecule has 0 aliphatic carbocycles. The van der Waals surface area contributed by atoms with Crippen molar-refractivity contribution in [2.75, 3.05) is 0 Å². The Morgan fingerprint density at radius 1 is 1.50 bits per heavy atom. The summed E-state index contributed by atoms with van der Waals surface area (Å²) in [6.45, 7) is 0. The molecule has 0 atom stereocenters. The van der Waals surface area contributed by atoms with Crippen molar-refractivity contribution in [3.63, 3.8) is 0 Å². The molecule has 5 nitrogen and oxygen atoms in total. The van der Waals surface area contributed by atoms with E-state index in [4.69, 9.17) is 11.6 Å². The quantitative estimate of drug-likeness (QED) is 0.476. The Bertz CT molecular complexity index is 555. The summed E-state index contributed by atoms with van der Waals surface area (Å²) in [5, 5.41) is 15.2. The molecule has 0 bridgehead atoms. The van der Waals surface area contributed by atoms with Gasteiger partial charge < -0.3 is 0 Å². The number of nitro benzene ring substituents is 1. The third-order valence-electron chi connectivity index (χ3n) is 1.94. The molecule has 0 saturated heterocycles. The summed E-state index contributed by atoms with van der Waals surface area (Å²) < 4.78 is 2.29. The summed E-state index contributed by atoms with van der Waals surface area (Å²) in [6.07, 6.45) is 3.28. The highest BCUT2D eigenvalue weighted by Gasteiger charge is 2.18. The lowest BCUT2D eigenvalue weighted by Crippen LogP contribution is -2.01. The summed E-state index contributed by atoms with van der Waals surface area (Å²) in [4.78, 5) is 10.4. The van der Waals surface area contributed by atoms with Gasteiger partial charge in [0.15, 0.2) is 5.69 Å². The van der Waals surface area contributed by atoms with Gasteiger partial charge >= 0.3 is 0 Å². The van der Waals surface area contributed by atoms with Crippen molar-refractivity contribution in [2.45, 2.75) is 0 Å². The molecule has 1 aromatic heterocycles. The van der Waals surface area contributed by atoms with Crippen LogP contribution in [0.2, 0.25) is 5.02 Å². The predicted octanol–water partition coefficient (Wildman–Crippen LogP) is 3.04. The van der Waals surface area contributed by atoms with E-state index in [9.17, 15) is 10.1 Å². The van der Waals surface area contributed by atoms with Gasteiger partial charge in [-0.05, 0) is 28.7 Å². The van der Waals surface area contributed by atoms with Gasteiger partial charge in [-0.1, -0.05) is 17.7 Å². The van der Waals surface area contributed by atoms with Crippen molar-refractivity contribution in [1.29, 1.82) is 0 Å². The Morgan fingerprint density at radius 2 is 2.25 bits per heavy atom. The zero-order valence-electron chi connectivity index (χ0n) is 7.80. The van der Waals surface area contributed by atoms with Crippen LogP contribution in [0.25, 0.3) is 5.69 Å². The van der Waals surface area contributed by atoms with E-state index in [1.807, 2.05) is 0 Å². The van der Waals surface area contributed by atoms with Crippen molar-refractivity contribution in [2.24, 2.45) is 0 Å². The Morgan fingerprint density at radius 3 is 2.81 bits per heavy atom. The van der Waals surface area contributed by atoms with Gasteiger partial charge in [-0.15, -0.1) is 0 Å². The Hall–Kier alpha value is -1.15.